The van der Waals surface area contributed by atoms with Gasteiger partial charge < -0.3 is 4.55 Å². The molecule has 0 amide bonds. The van der Waals surface area contributed by atoms with E-state index in [1.54, 1.807) is 19.1 Å². The van der Waals surface area contributed by atoms with Crippen molar-refractivity contribution in [3.05, 3.63) is 29.3 Å². The van der Waals surface area contributed by atoms with Crippen molar-refractivity contribution < 1.29 is 13.6 Å². The van der Waals surface area contributed by atoms with Crippen molar-refractivity contribution in [2.24, 2.45) is 0 Å². The molecule has 0 heterocycles. The summed E-state index contributed by atoms with van der Waals surface area (Å²) in [5, 5.41) is 0. The van der Waals surface area contributed by atoms with Crippen LogP contribution in [0.2, 0.25) is 0 Å². The van der Waals surface area contributed by atoms with Gasteiger partial charge in [-0.15, -0.1) is 0 Å². The maximum Gasteiger partial charge on any atom is 0.150 e. The van der Waals surface area contributed by atoms with Gasteiger partial charge in [0.25, 0.3) is 0 Å². The molecule has 1 rings (SSSR count). The molecule has 64 valence electrons. The minimum absolute atomic E-state index is 0.180. The molecule has 3 nitrogen and oxygen atoms in total. The van der Waals surface area contributed by atoms with Crippen molar-refractivity contribution >= 4 is 17.4 Å². The van der Waals surface area contributed by atoms with E-state index in [0.29, 0.717) is 17.4 Å². The summed E-state index contributed by atoms with van der Waals surface area (Å²) in [5.74, 6) is 0. The molecule has 0 radical (unpaired) electrons. The molecule has 0 aliphatic rings. The summed E-state index contributed by atoms with van der Waals surface area (Å²) in [6.45, 7) is 1.68. The third-order valence-electron chi connectivity index (χ3n) is 1.53. The average Bonchev–Trinajstić information content (AvgIpc) is 2.05. The smallest absolute Gasteiger partial charge is 0.150 e. The van der Waals surface area contributed by atoms with Gasteiger partial charge in [-0.3, -0.25) is 9.00 Å². The summed E-state index contributed by atoms with van der Waals surface area (Å²) in [4.78, 5) is 10.5. The summed E-state index contributed by atoms with van der Waals surface area (Å²) < 4.78 is 21.1. The zero-order valence-corrected chi connectivity index (χ0v) is 7.26. The maximum atomic E-state index is 10.6. The van der Waals surface area contributed by atoms with Crippen LogP contribution in [0.3, 0.4) is 0 Å². The van der Waals surface area contributed by atoms with Gasteiger partial charge >= 0.3 is 0 Å². The molecule has 0 N–H and O–H groups in total. The third kappa shape index (κ3) is 1.78. The van der Waals surface area contributed by atoms with Crippen LogP contribution in [0.5, 0.6) is 0 Å². The molecular weight excluding hydrogens is 176 g/mol. The monoisotopic (exact) mass is 183 g/mol. The molecule has 12 heavy (non-hydrogen) atoms. The Labute approximate surface area is 72.7 Å². The van der Waals surface area contributed by atoms with Gasteiger partial charge in [0, 0.05) is 10.5 Å². The van der Waals surface area contributed by atoms with Crippen LogP contribution in [0, 0.1) is 6.92 Å². The Kier molecular flexibility index (Phi) is 2.73. The quantitative estimate of drug-likeness (QED) is 0.508. The zero-order chi connectivity index (χ0) is 9.14. The minimum atomic E-state index is -2.26. The van der Waals surface area contributed by atoms with Crippen molar-refractivity contribution in [3.8, 4) is 0 Å². The molecule has 0 fully saturated rings. The van der Waals surface area contributed by atoms with E-state index in [9.17, 15) is 13.6 Å². The van der Waals surface area contributed by atoms with E-state index in [2.05, 4.69) is 0 Å². The molecule has 0 aliphatic carbocycles. The van der Waals surface area contributed by atoms with E-state index in [1.165, 1.54) is 6.07 Å². The first-order valence-corrected chi connectivity index (χ1v) is 4.37. The Morgan fingerprint density at radius 2 is 2.17 bits per heavy atom. The standard InChI is InChI=1S/C8H8O3S/c1-6-2-3-7(5-9)4-8(6)12(10)11/h2-5H,1H3,(H,10,11)/p-1. The van der Waals surface area contributed by atoms with E-state index < -0.39 is 11.1 Å². The maximum absolute atomic E-state index is 10.6. The van der Waals surface area contributed by atoms with Crippen molar-refractivity contribution in [1.82, 2.24) is 0 Å². The fraction of sp³-hybridized carbons (Fsp3) is 0.125. The first-order chi connectivity index (χ1) is 5.65. The molecule has 0 saturated carbocycles. The summed E-state index contributed by atoms with van der Waals surface area (Å²) >= 11 is -2.26. The summed E-state index contributed by atoms with van der Waals surface area (Å²) in [6.07, 6.45) is 0.621. The SMILES string of the molecule is Cc1ccc(C=O)cc1S(=O)[O-]. The largest absolute Gasteiger partial charge is 0.768 e. The van der Waals surface area contributed by atoms with Crippen LogP contribution in [0.4, 0.5) is 0 Å². The van der Waals surface area contributed by atoms with Crippen molar-refractivity contribution in [3.63, 3.8) is 0 Å². The van der Waals surface area contributed by atoms with E-state index in [1.807, 2.05) is 0 Å². The number of carbonyl (C=O) groups excluding carboxylic acids is 1. The van der Waals surface area contributed by atoms with Gasteiger partial charge in [0.05, 0.1) is 0 Å². The van der Waals surface area contributed by atoms with Gasteiger partial charge in [-0.2, -0.15) is 0 Å². The van der Waals surface area contributed by atoms with Gasteiger partial charge in [-0.25, -0.2) is 0 Å². The second-order valence-corrected chi connectivity index (χ2v) is 3.29. The van der Waals surface area contributed by atoms with Crippen LogP contribution in [0.25, 0.3) is 0 Å². The van der Waals surface area contributed by atoms with Crippen molar-refractivity contribution in [1.29, 1.82) is 0 Å². The highest BCUT2D eigenvalue weighted by Gasteiger charge is 1.99. The summed E-state index contributed by atoms with van der Waals surface area (Å²) in [7, 11) is 0. The lowest BCUT2D eigenvalue weighted by molar-refractivity contribution is 0.112. The second kappa shape index (κ2) is 3.60. The van der Waals surface area contributed by atoms with Gasteiger partial charge in [-0.05, 0) is 29.6 Å². The fourth-order valence-corrected chi connectivity index (χ4v) is 1.43. The molecule has 0 aliphatic heterocycles. The Morgan fingerprint density at radius 3 is 2.67 bits per heavy atom. The first kappa shape index (κ1) is 9.09. The Bertz CT molecular complexity index is 333. The number of aryl methyl sites for hydroxylation is 1. The number of aldehydes is 1. The molecule has 1 aromatic carbocycles. The molecule has 1 atom stereocenters. The number of hydrogen-bond donors (Lipinski definition) is 0. The molecule has 1 aromatic rings. The van der Waals surface area contributed by atoms with Gasteiger partial charge in [0.1, 0.15) is 6.29 Å². The molecular formula is C8H7O3S-. The molecule has 0 spiro atoms. The van der Waals surface area contributed by atoms with Crippen LogP contribution in [0.15, 0.2) is 23.1 Å². The van der Waals surface area contributed by atoms with Crippen LogP contribution >= 0.6 is 0 Å². The Balaban J connectivity index is 3.25. The molecule has 1 unspecified atom stereocenters. The van der Waals surface area contributed by atoms with E-state index >= 15 is 0 Å². The fourth-order valence-electron chi connectivity index (χ4n) is 0.870. The number of carbonyl (C=O) groups is 1. The topological polar surface area (TPSA) is 57.2 Å². The van der Waals surface area contributed by atoms with E-state index in [-0.39, 0.29) is 4.90 Å². The van der Waals surface area contributed by atoms with Crippen molar-refractivity contribution in [2.45, 2.75) is 11.8 Å². The molecule has 4 heteroatoms. The second-order valence-electron chi connectivity index (χ2n) is 2.38. The lowest BCUT2D eigenvalue weighted by Gasteiger charge is -2.08. The predicted molar refractivity (Wildman–Crippen MR) is 43.8 cm³/mol. The number of benzene rings is 1. The van der Waals surface area contributed by atoms with Crippen LogP contribution in [-0.4, -0.2) is 15.0 Å². The highest BCUT2D eigenvalue weighted by molar-refractivity contribution is 7.79. The van der Waals surface area contributed by atoms with Crippen molar-refractivity contribution in [2.75, 3.05) is 0 Å². The van der Waals surface area contributed by atoms with E-state index in [0.717, 1.165) is 0 Å². The van der Waals surface area contributed by atoms with Crippen LogP contribution < -0.4 is 0 Å². The third-order valence-corrected chi connectivity index (χ3v) is 2.33. The summed E-state index contributed by atoms with van der Waals surface area (Å²) in [5.41, 5.74) is 1.02. The lowest BCUT2D eigenvalue weighted by atomic mass is 10.2. The van der Waals surface area contributed by atoms with Gasteiger partial charge in [0.2, 0.25) is 0 Å². The molecule has 0 saturated heterocycles. The van der Waals surface area contributed by atoms with Crippen LogP contribution in [-0.2, 0) is 11.1 Å². The zero-order valence-electron chi connectivity index (χ0n) is 6.44. The van der Waals surface area contributed by atoms with Crippen LogP contribution in [0.1, 0.15) is 15.9 Å². The minimum Gasteiger partial charge on any atom is -0.768 e. The van der Waals surface area contributed by atoms with Gasteiger partial charge in [0.15, 0.2) is 0 Å². The molecule has 0 bridgehead atoms. The normalized spacial score (nSPS) is 12.5. The van der Waals surface area contributed by atoms with Gasteiger partial charge in [-0.1, -0.05) is 12.1 Å². The number of hydrogen-bond acceptors (Lipinski definition) is 3. The molecule has 0 aromatic heterocycles. The predicted octanol–water partition coefficient (Wildman–Crippen LogP) is 1.05. The average molecular weight is 183 g/mol. The Hall–Kier alpha value is -1.00. The summed E-state index contributed by atoms with van der Waals surface area (Å²) in [6, 6.07) is 4.54. The van der Waals surface area contributed by atoms with E-state index in [4.69, 9.17) is 0 Å². The first-order valence-electron chi connectivity index (χ1n) is 3.30. The highest BCUT2D eigenvalue weighted by Crippen LogP contribution is 2.12. The number of rotatable bonds is 2. The Morgan fingerprint density at radius 1 is 1.50 bits per heavy atom. The lowest BCUT2D eigenvalue weighted by Crippen LogP contribution is -1.94. The highest BCUT2D eigenvalue weighted by atomic mass is 32.2.